The highest BCUT2D eigenvalue weighted by molar-refractivity contribution is 5.67. The first-order valence-corrected chi connectivity index (χ1v) is 10.5. The zero-order valence-corrected chi connectivity index (χ0v) is 18.1. The summed E-state index contributed by atoms with van der Waals surface area (Å²) in [7, 11) is 1.64. The van der Waals surface area contributed by atoms with Gasteiger partial charge in [0.25, 0.3) is 0 Å². The summed E-state index contributed by atoms with van der Waals surface area (Å²) in [6, 6.07) is 20.1. The maximum absolute atomic E-state index is 14.5. The second-order valence-electron chi connectivity index (χ2n) is 7.56. The second kappa shape index (κ2) is 9.22. The summed E-state index contributed by atoms with van der Waals surface area (Å²) in [5.41, 5.74) is 4.34. The molecule has 0 saturated heterocycles. The normalized spacial score (nSPS) is 11.2. The fourth-order valence-electron chi connectivity index (χ4n) is 3.71. The average molecular weight is 443 g/mol. The third kappa shape index (κ3) is 4.47. The maximum atomic E-state index is 14.5. The molecule has 0 unspecified atom stereocenters. The van der Waals surface area contributed by atoms with Crippen LogP contribution in [-0.4, -0.2) is 31.5 Å². The van der Waals surface area contributed by atoms with Crippen molar-refractivity contribution in [3.05, 3.63) is 102 Å². The monoisotopic (exact) mass is 443 g/mol. The first kappa shape index (κ1) is 20.8. The van der Waals surface area contributed by atoms with E-state index in [2.05, 4.69) is 15.3 Å². The van der Waals surface area contributed by atoms with Gasteiger partial charge >= 0.3 is 0 Å². The molecular weight excluding hydrogens is 421 g/mol. The fourth-order valence-corrected chi connectivity index (χ4v) is 3.71. The molecule has 0 bridgehead atoms. The molecular formula is C25H22FN5O2. The molecule has 0 amide bonds. The van der Waals surface area contributed by atoms with Crippen LogP contribution in [0.25, 0.3) is 16.9 Å². The van der Waals surface area contributed by atoms with Crippen LogP contribution in [0.3, 0.4) is 0 Å². The number of methoxy groups -OCH3 is 1. The molecule has 0 radical (unpaired) electrons. The van der Waals surface area contributed by atoms with Gasteiger partial charge in [0.1, 0.15) is 22.9 Å². The van der Waals surface area contributed by atoms with Gasteiger partial charge in [0, 0.05) is 11.8 Å². The maximum Gasteiger partial charge on any atom is 0.137 e. The van der Waals surface area contributed by atoms with E-state index in [-0.39, 0.29) is 19.0 Å². The van der Waals surface area contributed by atoms with E-state index in [1.807, 2.05) is 59.3 Å². The molecule has 33 heavy (non-hydrogen) atoms. The summed E-state index contributed by atoms with van der Waals surface area (Å²) < 4.78 is 29.3. The number of pyridine rings is 1. The van der Waals surface area contributed by atoms with Gasteiger partial charge in [0.2, 0.25) is 0 Å². The highest BCUT2D eigenvalue weighted by Gasteiger charge is 2.17. The van der Waals surface area contributed by atoms with Crippen molar-refractivity contribution in [2.24, 2.45) is 0 Å². The smallest absolute Gasteiger partial charge is 0.137 e. The van der Waals surface area contributed by atoms with Crippen LogP contribution in [0.15, 0.2) is 79.1 Å². The Morgan fingerprint density at radius 1 is 0.939 bits per heavy atom. The highest BCUT2D eigenvalue weighted by atomic mass is 19.1. The molecule has 0 aliphatic heterocycles. The molecule has 0 aliphatic rings. The molecule has 8 heteroatoms. The minimum atomic E-state index is -0.316. The number of aromatic nitrogens is 5. The van der Waals surface area contributed by atoms with Gasteiger partial charge in [-0.1, -0.05) is 35.5 Å². The summed E-state index contributed by atoms with van der Waals surface area (Å²) in [6.07, 6.45) is 3.76. The number of hydrogen-bond donors (Lipinski definition) is 0. The molecule has 0 fully saturated rings. The lowest BCUT2D eigenvalue weighted by molar-refractivity contribution is 0.102. The summed E-state index contributed by atoms with van der Waals surface area (Å²) >= 11 is 0. The quantitative estimate of drug-likeness (QED) is 0.353. The third-order valence-electron chi connectivity index (χ3n) is 5.34. The Morgan fingerprint density at radius 2 is 1.76 bits per heavy atom. The van der Waals surface area contributed by atoms with Crippen molar-refractivity contribution in [3.8, 4) is 17.0 Å². The van der Waals surface area contributed by atoms with Crippen LogP contribution in [0.1, 0.15) is 17.0 Å². The highest BCUT2D eigenvalue weighted by Crippen LogP contribution is 2.27. The number of nitrogens with zero attached hydrogens (tertiary/aromatic N) is 5. The van der Waals surface area contributed by atoms with E-state index < -0.39 is 0 Å². The van der Waals surface area contributed by atoms with Crippen molar-refractivity contribution in [1.82, 2.24) is 24.4 Å². The lowest BCUT2D eigenvalue weighted by atomic mass is 10.1. The Balaban J connectivity index is 1.30. The van der Waals surface area contributed by atoms with Crippen molar-refractivity contribution in [1.29, 1.82) is 0 Å². The molecule has 0 N–H and O–H groups in total. The largest absolute Gasteiger partial charge is 0.497 e. The second-order valence-corrected chi connectivity index (χ2v) is 7.56. The number of hydrogen-bond acceptors (Lipinski definition) is 5. The van der Waals surface area contributed by atoms with Gasteiger partial charge < -0.3 is 13.9 Å². The number of rotatable bonds is 8. The number of halogens is 1. The van der Waals surface area contributed by atoms with Gasteiger partial charge in [-0.25, -0.2) is 14.1 Å². The van der Waals surface area contributed by atoms with E-state index >= 15 is 0 Å². The minimum absolute atomic E-state index is 0.250. The summed E-state index contributed by atoms with van der Waals surface area (Å²) in [5.74, 6) is 0.497. The SMILES string of the molecule is COc1ccc(Cn2cc(COCc3c(-c4ccccc4F)nc4ccccn34)nn2)cc1. The first-order chi connectivity index (χ1) is 16.2. The van der Waals surface area contributed by atoms with Crippen molar-refractivity contribution in [2.75, 3.05) is 7.11 Å². The van der Waals surface area contributed by atoms with Gasteiger partial charge in [-0.05, 0) is 42.0 Å². The fraction of sp³-hybridized carbons (Fsp3) is 0.160. The third-order valence-corrected chi connectivity index (χ3v) is 5.34. The Hall–Kier alpha value is -4.04. The number of benzene rings is 2. The summed E-state index contributed by atoms with van der Waals surface area (Å²) in [5, 5.41) is 8.39. The summed E-state index contributed by atoms with van der Waals surface area (Å²) in [4.78, 5) is 4.63. The first-order valence-electron chi connectivity index (χ1n) is 10.5. The Kier molecular flexibility index (Phi) is 5.82. The van der Waals surface area contributed by atoms with Crippen LogP contribution in [-0.2, 0) is 24.5 Å². The van der Waals surface area contributed by atoms with Crippen LogP contribution in [0, 0.1) is 5.82 Å². The van der Waals surface area contributed by atoms with Crippen molar-refractivity contribution >= 4 is 5.65 Å². The lowest BCUT2D eigenvalue weighted by Crippen LogP contribution is -2.01. The van der Waals surface area contributed by atoms with Crippen molar-refractivity contribution < 1.29 is 13.9 Å². The Morgan fingerprint density at radius 3 is 2.58 bits per heavy atom. The number of fused-ring (bicyclic) bond motifs is 1. The van der Waals surface area contributed by atoms with E-state index in [1.165, 1.54) is 6.07 Å². The van der Waals surface area contributed by atoms with Gasteiger partial charge in [0.15, 0.2) is 0 Å². The Labute approximate surface area is 190 Å². The van der Waals surface area contributed by atoms with Crippen molar-refractivity contribution in [2.45, 2.75) is 19.8 Å². The molecule has 0 spiro atoms. The molecule has 3 aromatic heterocycles. The van der Waals surface area contributed by atoms with E-state index in [4.69, 9.17) is 9.47 Å². The van der Waals surface area contributed by atoms with Crippen molar-refractivity contribution in [3.63, 3.8) is 0 Å². The van der Waals surface area contributed by atoms with Crippen LogP contribution in [0.5, 0.6) is 5.75 Å². The summed E-state index contributed by atoms with van der Waals surface area (Å²) in [6.45, 7) is 1.13. The average Bonchev–Trinajstić information content (AvgIpc) is 3.44. The topological polar surface area (TPSA) is 66.5 Å². The molecule has 5 aromatic rings. The van der Waals surface area contributed by atoms with Gasteiger partial charge in [0.05, 0.1) is 44.5 Å². The molecule has 2 aromatic carbocycles. The molecule has 0 aliphatic carbocycles. The zero-order valence-electron chi connectivity index (χ0n) is 18.1. The van der Waals surface area contributed by atoms with Crippen LogP contribution < -0.4 is 4.74 Å². The predicted molar refractivity (Wildman–Crippen MR) is 121 cm³/mol. The molecule has 7 nitrogen and oxygen atoms in total. The van der Waals surface area contributed by atoms with Gasteiger partial charge in [-0.2, -0.15) is 0 Å². The van der Waals surface area contributed by atoms with Crippen LogP contribution in [0.2, 0.25) is 0 Å². The van der Waals surface area contributed by atoms with Gasteiger partial charge in [-0.15, -0.1) is 5.10 Å². The molecule has 0 atom stereocenters. The molecule has 3 heterocycles. The number of imidazole rings is 1. The van der Waals surface area contributed by atoms with E-state index in [0.29, 0.717) is 23.5 Å². The van der Waals surface area contributed by atoms with E-state index in [0.717, 1.165) is 22.7 Å². The predicted octanol–water partition coefficient (Wildman–Crippen LogP) is 4.51. The molecule has 166 valence electrons. The van der Waals surface area contributed by atoms with Crippen LogP contribution in [0.4, 0.5) is 4.39 Å². The Bertz CT molecular complexity index is 1380. The standard InChI is InChI=1S/C25H22FN5O2/c1-32-20-11-9-18(10-12-20)14-30-15-19(28-29-30)16-33-17-23-25(21-6-2-3-7-22(21)26)27-24-8-4-5-13-31(23)24/h2-13,15H,14,16-17H2,1H3. The number of ether oxygens (including phenoxy) is 2. The zero-order chi connectivity index (χ0) is 22.6. The lowest BCUT2D eigenvalue weighted by Gasteiger charge is -2.07. The molecule has 5 rings (SSSR count). The van der Waals surface area contributed by atoms with E-state index in [1.54, 1.807) is 30.0 Å². The van der Waals surface area contributed by atoms with Crippen LogP contribution >= 0.6 is 0 Å². The van der Waals surface area contributed by atoms with Gasteiger partial charge in [-0.3, -0.25) is 0 Å². The molecule has 0 saturated carbocycles. The minimum Gasteiger partial charge on any atom is -0.497 e. The van der Waals surface area contributed by atoms with E-state index in [9.17, 15) is 4.39 Å².